The molecule has 0 rings (SSSR count). The number of hydrogen-bond acceptors (Lipinski definition) is 2. The van der Waals surface area contributed by atoms with Gasteiger partial charge in [0.05, 0.1) is 13.2 Å². The van der Waals surface area contributed by atoms with E-state index in [2.05, 4.69) is 13.8 Å². The van der Waals surface area contributed by atoms with Crippen molar-refractivity contribution in [3.8, 4) is 0 Å². The third kappa shape index (κ3) is 5.14. The molecule has 0 saturated heterocycles. The van der Waals surface area contributed by atoms with Gasteiger partial charge in [-0.25, -0.2) is 0 Å². The molecule has 0 aliphatic rings. The molecule has 0 fully saturated rings. The Balaban J connectivity index is 3.45. The fraction of sp³-hybridized carbons (Fsp3) is 1.00. The molecule has 0 heterocycles. The second kappa shape index (κ2) is 6.89. The van der Waals surface area contributed by atoms with E-state index in [0.717, 1.165) is 18.7 Å². The minimum Gasteiger partial charge on any atom is -0.401 e. The topological polar surface area (TPSA) is 18.5 Å². The van der Waals surface area contributed by atoms with E-state index < -0.39 is 7.63 Å². The summed E-state index contributed by atoms with van der Waals surface area (Å²) in [4.78, 5) is 0. The molecule has 0 N–H and O–H groups in total. The second-order valence-electron chi connectivity index (χ2n) is 2.64. The zero-order valence-electron chi connectivity index (χ0n) is 8.23. The van der Waals surface area contributed by atoms with Crippen LogP contribution < -0.4 is 0 Å². The highest BCUT2D eigenvalue weighted by Crippen LogP contribution is 2.20. The average molecular weight is 211 g/mol. The van der Waals surface area contributed by atoms with Crippen LogP contribution in [0.15, 0.2) is 0 Å². The van der Waals surface area contributed by atoms with E-state index in [0.29, 0.717) is 13.2 Å². The van der Waals surface area contributed by atoms with Crippen LogP contribution in [0.1, 0.15) is 20.8 Å². The van der Waals surface area contributed by atoms with Gasteiger partial charge in [0.1, 0.15) is 0 Å². The van der Waals surface area contributed by atoms with Crippen LogP contribution in [0.5, 0.6) is 0 Å². The van der Waals surface area contributed by atoms with Crippen LogP contribution in [0.25, 0.3) is 0 Å². The third-order valence-electron chi connectivity index (χ3n) is 1.85. The summed E-state index contributed by atoms with van der Waals surface area (Å²) < 4.78 is 10.8. The van der Waals surface area contributed by atoms with Gasteiger partial charge < -0.3 is 9.16 Å². The van der Waals surface area contributed by atoms with Crippen LogP contribution in [0.2, 0.25) is 12.1 Å². The number of hydrogen-bond donors (Lipinski definition) is 0. The van der Waals surface area contributed by atoms with Gasteiger partial charge in [-0.3, -0.25) is 0 Å². The molecule has 0 aromatic carbocycles. The zero-order chi connectivity index (χ0) is 9.45. The molecule has 0 radical (unpaired) electrons. The summed E-state index contributed by atoms with van der Waals surface area (Å²) in [6.45, 7) is 8.21. The standard InChI is InChI=1S/C8H19ClO2Si/c1-4-10-7-8-11-12(9,5-2)6-3/h4-8H2,1-3H3. The van der Waals surface area contributed by atoms with Crippen molar-refractivity contribution < 1.29 is 9.16 Å². The van der Waals surface area contributed by atoms with Gasteiger partial charge in [0, 0.05) is 6.61 Å². The summed E-state index contributed by atoms with van der Waals surface area (Å²) in [5.74, 6) is 0. The van der Waals surface area contributed by atoms with Crippen molar-refractivity contribution in [1.29, 1.82) is 0 Å². The molecule has 0 unspecified atom stereocenters. The van der Waals surface area contributed by atoms with E-state index in [-0.39, 0.29) is 0 Å². The number of halogens is 1. The van der Waals surface area contributed by atoms with Crippen LogP contribution >= 0.6 is 11.1 Å². The van der Waals surface area contributed by atoms with Gasteiger partial charge in [0.2, 0.25) is 0 Å². The maximum Gasteiger partial charge on any atom is 0.289 e. The summed E-state index contributed by atoms with van der Waals surface area (Å²) >= 11 is 6.25. The summed E-state index contributed by atoms with van der Waals surface area (Å²) in [5, 5.41) is 0. The molecule has 74 valence electrons. The molecule has 0 aromatic heterocycles. The van der Waals surface area contributed by atoms with E-state index in [1.54, 1.807) is 0 Å². The van der Waals surface area contributed by atoms with Gasteiger partial charge in [-0.05, 0) is 19.0 Å². The first kappa shape index (κ1) is 12.4. The van der Waals surface area contributed by atoms with Crippen LogP contribution in [0.4, 0.5) is 0 Å². The molecular formula is C8H19ClO2Si. The summed E-state index contributed by atoms with van der Waals surface area (Å²) in [6.07, 6.45) is 0. The molecule has 0 amide bonds. The molecule has 0 atom stereocenters. The van der Waals surface area contributed by atoms with Crippen molar-refractivity contribution in [2.24, 2.45) is 0 Å². The molecule has 2 nitrogen and oxygen atoms in total. The first-order chi connectivity index (χ1) is 5.68. The van der Waals surface area contributed by atoms with Crippen molar-refractivity contribution in [2.75, 3.05) is 19.8 Å². The smallest absolute Gasteiger partial charge is 0.289 e. The lowest BCUT2D eigenvalue weighted by Gasteiger charge is -2.21. The molecule has 0 aliphatic carbocycles. The Kier molecular flexibility index (Phi) is 7.14. The van der Waals surface area contributed by atoms with Crippen molar-refractivity contribution in [2.45, 2.75) is 32.9 Å². The summed E-state index contributed by atoms with van der Waals surface area (Å²) in [7, 11) is -1.86. The molecule has 4 heteroatoms. The Morgan fingerprint density at radius 2 is 1.67 bits per heavy atom. The van der Waals surface area contributed by atoms with E-state index in [1.807, 2.05) is 6.92 Å². The lowest BCUT2D eigenvalue weighted by molar-refractivity contribution is 0.108. The average Bonchev–Trinajstić information content (AvgIpc) is 2.12. The first-order valence-electron chi connectivity index (χ1n) is 4.59. The highest BCUT2D eigenvalue weighted by atomic mass is 35.6. The monoisotopic (exact) mass is 210 g/mol. The van der Waals surface area contributed by atoms with E-state index in [9.17, 15) is 0 Å². The molecule has 0 spiro atoms. The van der Waals surface area contributed by atoms with Crippen molar-refractivity contribution in [1.82, 2.24) is 0 Å². The first-order valence-corrected chi connectivity index (χ1v) is 7.92. The van der Waals surface area contributed by atoms with Gasteiger partial charge in [0.15, 0.2) is 0 Å². The minimum absolute atomic E-state index is 0.644. The maximum atomic E-state index is 6.25. The Bertz CT molecular complexity index is 107. The SMILES string of the molecule is CCOCCO[Si](Cl)(CC)CC. The lowest BCUT2D eigenvalue weighted by atomic mass is 10.8. The van der Waals surface area contributed by atoms with Gasteiger partial charge in [-0.2, -0.15) is 0 Å². The molecule has 0 saturated carbocycles. The van der Waals surface area contributed by atoms with Gasteiger partial charge in [-0.15, -0.1) is 11.1 Å². The van der Waals surface area contributed by atoms with Crippen molar-refractivity contribution in [3.05, 3.63) is 0 Å². The molecule has 0 bridgehead atoms. The van der Waals surface area contributed by atoms with Crippen LogP contribution in [0, 0.1) is 0 Å². The quantitative estimate of drug-likeness (QED) is 0.366. The van der Waals surface area contributed by atoms with Crippen LogP contribution in [0.3, 0.4) is 0 Å². The van der Waals surface area contributed by atoms with Gasteiger partial charge in [0.25, 0.3) is 7.63 Å². The predicted octanol–water partition coefficient (Wildman–Crippen LogP) is 2.76. The fourth-order valence-corrected chi connectivity index (χ4v) is 2.47. The van der Waals surface area contributed by atoms with E-state index >= 15 is 0 Å². The predicted molar refractivity (Wildman–Crippen MR) is 55.0 cm³/mol. The van der Waals surface area contributed by atoms with E-state index in [4.69, 9.17) is 20.2 Å². The summed E-state index contributed by atoms with van der Waals surface area (Å²) in [5.41, 5.74) is 0. The van der Waals surface area contributed by atoms with Gasteiger partial charge >= 0.3 is 0 Å². The highest BCUT2D eigenvalue weighted by molar-refractivity contribution is 7.16. The third-order valence-corrected chi connectivity index (χ3v) is 6.61. The summed E-state index contributed by atoms with van der Waals surface area (Å²) in [6, 6.07) is 1.94. The van der Waals surface area contributed by atoms with E-state index in [1.165, 1.54) is 0 Å². The Morgan fingerprint density at radius 3 is 2.08 bits per heavy atom. The largest absolute Gasteiger partial charge is 0.401 e. The fourth-order valence-electron chi connectivity index (χ4n) is 0.882. The molecular weight excluding hydrogens is 192 g/mol. The normalized spacial score (nSPS) is 12.0. The molecule has 0 aliphatic heterocycles. The lowest BCUT2D eigenvalue weighted by Crippen LogP contribution is -2.31. The van der Waals surface area contributed by atoms with Crippen LogP contribution in [-0.4, -0.2) is 27.4 Å². The Morgan fingerprint density at radius 1 is 1.08 bits per heavy atom. The van der Waals surface area contributed by atoms with Crippen molar-refractivity contribution >= 4 is 18.7 Å². The minimum atomic E-state index is -1.86. The Hall–Kier alpha value is 0.427. The zero-order valence-corrected chi connectivity index (χ0v) is 9.99. The van der Waals surface area contributed by atoms with Gasteiger partial charge in [-0.1, -0.05) is 13.8 Å². The number of ether oxygens (including phenoxy) is 1. The van der Waals surface area contributed by atoms with Crippen molar-refractivity contribution in [3.63, 3.8) is 0 Å². The second-order valence-corrected chi connectivity index (χ2v) is 8.17. The highest BCUT2D eigenvalue weighted by Gasteiger charge is 2.27. The molecule has 0 aromatic rings. The number of rotatable bonds is 7. The van der Waals surface area contributed by atoms with Crippen LogP contribution in [-0.2, 0) is 9.16 Å². The Labute approximate surface area is 81.0 Å². The maximum absolute atomic E-state index is 6.25. The molecule has 12 heavy (non-hydrogen) atoms.